The zero-order valence-corrected chi connectivity index (χ0v) is 17.8. The van der Waals surface area contributed by atoms with E-state index in [4.69, 9.17) is 0 Å². The van der Waals surface area contributed by atoms with Crippen molar-refractivity contribution in [1.82, 2.24) is 14.7 Å². The number of urea groups is 1. The van der Waals surface area contributed by atoms with Crippen LogP contribution >= 0.6 is 0 Å². The third kappa shape index (κ3) is 3.62. The molecule has 2 aromatic carbocycles. The monoisotopic (exact) mass is 434 g/mol. The van der Waals surface area contributed by atoms with Crippen LogP contribution in [0.5, 0.6) is 0 Å². The second kappa shape index (κ2) is 7.93. The van der Waals surface area contributed by atoms with E-state index in [0.29, 0.717) is 16.0 Å². The van der Waals surface area contributed by atoms with Crippen molar-refractivity contribution in [3.63, 3.8) is 0 Å². The van der Waals surface area contributed by atoms with Gasteiger partial charge in [0, 0.05) is 37.0 Å². The molecule has 4 rings (SSSR count). The summed E-state index contributed by atoms with van der Waals surface area (Å²) in [4.78, 5) is 27.9. The summed E-state index contributed by atoms with van der Waals surface area (Å²) in [5, 5.41) is 4.10. The molecule has 3 amide bonds. The Morgan fingerprint density at radius 2 is 1.62 bits per heavy atom. The number of nitrogens with zero attached hydrogens (tertiary/aromatic N) is 4. The lowest BCUT2D eigenvalue weighted by molar-refractivity contribution is -0.122. The third-order valence-electron chi connectivity index (χ3n) is 5.66. The molecular weight excluding hydrogens is 414 g/mol. The van der Waals surface area contributed by atoms with Crippen LogP contribution in [0.3, 0.4) is 0 Å². The van der Waals surface area contributed by atoms with Gasteiger partial charge in [0.25, 0.3) is 0 Å². The van der Waals surface area contributed by atoms with E-state index >= 15 is 0 Å². The summed E-state index contributed by atoms with van der Waals surface area (Å²) in [6.07, 6.45) is 3.11. The second-order valence-corrected chi connectivity index (χ2v) is 7.83. The summed E-state index contributed by atoms with van der Waals surface area (Å²) >= 11 is 0. The van der Waals surface area contributed by atoms with E-state index < -0.39 is 34.8 Å². The molecule has 1 aromatic heterocycles. The molecule has 0 spiro atoms. The Hall–Kier alpha value is -3.99. The predicted molar refractivity (Wildman–Crippen MR) is 115 cm³/mol. The van der Waals surface area contributed by atoms with Gasteiger partial charge in [-0.25, -0.2) is 18.5 Å². The highest BCUT2D eigenvalue weighted by atomic mass is 19.1. The van der Waals surface area contributed by atoms with Crippen molar-refractivity contribution in [3.05, 3.63) is 83.2 Å². The largest absolute Gasteiger partial charge is 0.332 e. The number of aryl methyl sites for hydroxylation is 1. The first-order valence-electron chi connectivity index (χ1n) is 9.86. The Morgan fingerprint density at radius 3 is 2.22 bits per heavy atom. The molecule has 162 valence electrons. The Bertz CT molecular complexity index is 1250. The lowest BCUT2D eigenvalue weighted by Crippen LogP contribution is -2.60. The topological polar surface area (TPSA) is 58.4 Å². The van der Waals surface area contributed by atoms with E-state index in [9.17, 15) is 18.4 Å². The highest BCUT2D eigenvalue weighted by molar-refractivity contribution is 6.16. The van der Waals surface area contributed by atoms with Gasteiger partial charge >= 0.3 is 6.03 Å². The molecule has 1 aliphatic rings. The van der Waals surface area contributed by atoms with Gasteiger partial charge in [-0.05, 0) is 31.2 Å². The van der Waals surface area contributed by atoms with Gasteiger partial charge < -0.3 is 4.90 Å². The first kappa shape index (κ1) is 21.2. The van der Waals surface area contributed by atoms with E-state index in [1.807, 2.05) is 6.07 Å². The maximum absolute atomic E-state index is 14.9. The first-order valence-corrected chi connectivity index (χ1v) is 9.86. The molecule has 0 radical (unpaired) electrons. The number of carbonyl (C=O) groups excluding carboxylic acids is 2. The van der Waals surface area contributed by atoms with Crippen molar-refractivity contribution < 1.29 is 18.4 Å². The molecule has 0 aliphatic carbocycles. The summed E-state index contributed by atoms with van der Waals surface area (Å²) < 4.78 is 31.4. The lowest BCUT2D eigenvalue weighted by Gasteiger charge is -2.45. The number of anilines is 1. The van der Waals surface area contributed by atoms with E-state index in [-0.39, 0.29) is 12.0 Å². The molecule has 2 heterocycles. The van der Waals surface area contributed by atoms with Gasteiger partial charge in [-0.3, -0.25) is 9.48 Å². The van der Waals surface area contributed by atoms with Crippen molar-refractivity contribution >= 4 is 17.6 Å². The Kier molecular flexibility index (Phi) is 5.26. The minimum Gasteiger partial charge on any atom is -0.317 e. The van der Waals surface area contributed by atoms with Gasteiger partial charge in [0.05, 0.1) is 18.2 Å². The second-order valence-electron chi connectivity index (χ2n) is 7.83. The zero-order chi connectivity index (χ0) is 23.0. The van der Waals surface area contributed by atoms with Crippen LogP contribution in [0.4, 0.5) is 19.3 Å². The van der Waals surface area contributed by atoms with Gasteiger partial charge in [0.2, 0.25) is 5.91 Å². The van der Waals surface area contributed by atoms with Crippen LogP contribution in [-0.2, 0) is 17.4 Å². The average Bonchev–Trinajstić information content (AvgIpc) is 3.20. The molecule has 32 heavy (non-hydrogen) atoms. The van der Waals surface area contributed by atoms with Crippen LogP contribution in [0.25, 0.3) is 0 Å². The fourth-order valence-electron chi connectivity index (χ4n) is 3.69. The number of rotatable bonds is 2. The molecule has 0 saturated carbocycles. The number of benzene rings is 2. The summed E-state index contributed by atoms with van der Waals surface area (Å²) in [7, 11) is 3.21. The van der Waals surface area contributed by atoms with Crippen LogP contribution < -0.4 is 4.90 Å². The number of halogens is 2. The van der Waals surface area contributed by atoms with Crippen molar-refractivity contribution in [2.24, 2.45) is 7.05 Å². The van der Waals surface area contributed by atoms with Gasteiger partial charge in [-0.1, -0.05) is 30.0 Å². The molecule has 1 aliphatic heterocycles. The van der Waals surface area contributed by atoms with Crippen molar-refractivity contribution in [2.75, 3.05) is 11.9 Å². The molecular formula is C24H20F2N4O2. The van der Waals surface area contributed by atoms with Gasteiger partial charge in [0.15, 0.2) is 11.6 Å². The molecule has 6 nitrogen and oxygen atoms in total. The molecule has 0 unspecified atom stereocenters. The maximum Gasteiger partial charge on any atom is 0.332 e. The van der Waals surface area contributed by atoms with Crippen LogP contribution in [-0.4, -0.2) is 33.7 Å². The van der Waals surface area contributed by atoms with E-state index in [1.54, 1.807) is 55.3 Å². The fourth-order valence-corrected chi connectivity index (χ4v) is 3.69. The highest BCUT2D eigenvalue weighted by Crippen LogP contribution is 2.38. The lowest BCUT2D eigenvalue weighted by atomic mass is 9.87. The number of hydrogen-bond acceptors (Lipinski definition) is 3. The number of aromatic nitrogens is 2. The van der Waals surface area contributed by atoms with Crippen LogP contribution in [0, 0.1) is 23.5 Å². The van der Waals surface area contributed by atoms with Gasteiger partial charge in [0.1, 0.15) is 5.69 Å². The minimum atomic E-state index is -1.04. The van der Waals surface area contributed by atoms with Crippen molar-refractivity contribution in [1.29, 1.82) is 0 Å². The normalized spacial score (nSPS) is 18.5. The van der Waals surface area contributed by atoms with Gasteiger partial charge in [-0.15, -0.1) is 0 Å². The molecule has 0 N–H and O–H groups in total. The van der Waals surface area contributed by atoms with Crippen LogP contribution in [0.1, 0.15) is 30.0 Å². The SMILES string of the molecule is CN1C(=O)N(c2c(F)cc(C#Cc3ccccc3)cc2F)C(=O)C[C@@]1(C)c1cnn(C)c1. The fraction of sp³-hybridized carbons (Fsp3) is 0.208. The van der Waals surface area contributed by atoms with E-state index in [1.165, 1.54) is 11.9 Å². The minimum absolute atomic E-state index is 0.0954. The zero-order valence-electron chi connectivity index (χ0n) is 17.8. The summed E-state index contributed by atoms with van der Waals surface area (Å²) in [6.45, 7) is 1.71. The Morgan fingerprint density at radius 1 is 1.00 bits per heavy atom. The van der Waals surface area contributed by atoms with Crippen molar-refractivity contribution in [3.8, 4) is 11.8 Å². The smallest absolute Gasteiger partial charge is 0.317 e. The highest BCUT2D eigenvalue weighted by Gasteiger charge is 2.48. The Labute approximate surface area is 184 Å². The molecule has 8 heteroatoms. The Balaban J connectivity index is 1.67. The molecule has 1 saturated heterocycles. The molecule has 1 atom stereocenters. The number of carbonyl (C=O) groups is 2. The standard InChI is InChI=1S/C24H20F2N4O2/c1-24(18-14-27-28(2)15-18)13-21(31)30(23(32)29(24)3)22-19(25)11-17(12-20(22)26)10-9-16-7-5-4-6-8-16/h4-8,11-12,14-15H,13H2,1-3H3/t24-/m0/s1. The summed E-state index contributed by atoms with van der Waals surface area (Å²) in [5.41, 5.74) is -0.262. The molecule has 0 bridgehead atoms. The molecule has 1 fully saturated rings. The summed E-state index contributed by atoms with van der Waals surface area (Å²) in [6, 6.07) is 10.2. The van der Waals surface area contributed by atoms with Crippen molar-refractivity contribution in [2.45, 2.75) is 18.9 Å². The van der Waals surface area contributed by atoms with Gasteiger partial charge in [-0.2, -0.15) is 5.10 Å². The number of imide groups is 1. The maximum atomic E-state index is 14.9. The van der Waals surface area contributed by atoms with Crippen LogP contribution in [0.15, 0.2) is 54.9 Å². The number of amides is 3. The number of hydrogen-bond donors (Lipinski definition) is 0. The average molecular weight is 434 g/mol. The first-order chi connectivity index (χ1) is 15.2. The van der Waals surface area contributed by atoms with E-state index in [2.05, 4.69) is 16.9 Å². The predicted octanol–water partition coefficient (Wildman–Crippen LogP) is 3.80. The van der Waals surface area contributed by atoms with E-state index in [0.717, 1.165) is 12.1 Å². The van der Waals surface area contributed by atoms with Crippen LogP contribution in [0.2, 0.25) is 0 Å². The third-order valence-corrected chi connectivity index (χ3v) is 5.66. The molecule has 3 aromatic rings. The summed E-state index contributed by atoms with van der Waals surface area (Å²) in [5.74, 6) is 2.74. The quantitative estimate of drug-likeness (QED) is 0.577.